The third-order valence-electron chi connectivity index (χ3n) is 23.9. The smallest absolute Gasteiger partial charge is 0.0123 e. The molecule has 13 fully saturated rings. The number of rotatable bonds is 6. The van der Waals surface area contributed by atoms with Gasteiger partial charge in [0.1, 0.15) is 0 Å². The van der Waals surface area contributed by atoms with Crippen molar-refractivity contribution in [2.24, 2.45) is 82.9 Å². The zero-order chi connectivity index (χ0) is 40.7. The number of nitrogens with zero attached hydrogens (tertiary/aromatic N) is 1. The fraction of sp³-hybridized carbons (Fsp3) is 1.00. The number of hydrogen-bond acceptors (Lipinski definition) is 4. The Bertz CT molecular complexity index is 1490. The minimum absolute atomic E-state index is 0.916. The van der Waals surface area contributed by atoms with E-state index in [4.69, 9.17) is 0 Å². The van der Waals surface area contributed by atoms with E-state index in [1.807, 2.05) is 0 Å². The van der Waals surface area contributed by atoms with Gasteiger partial charge in [0, 0.05) is 49.6 Å². The van der Waals surface area contributed by atoms with E-state index in [2.05, 4.69) is 40.2 Å². The maximum absolute atomic E-state index is 3.44. The highest BCUT2D eigenvalue weighted by molar-refractivity contribution is 8.02. The molecule has 62 heavy (non-hydrogen) atoms. The van der Waals surface area contributed by atoms with E-state index in [0.717, 1.165) is 132 Å². The van der Waals surface area contributed by atoms with Gasteiger partial charge in [0.2, 0.25) is 0 Å². The van der Waals surface area contributed by atoms with Crippen LogP contribution in [0.25, 0.3) is 0 Å². The van der Waals surface area contributed by atoms with Crippen LogP contribution in [0, 0.1) is 82.9 Å². The quantitative estimate of drug-likeness (QED) is 0.261. The van der Waals surface area contributed by atoms with Gasteiger partial charge in [-0.05, 0) is 224 Å². The van der Waals surface area contributed by atoms with Crippen LogP contribution in [0.1, 0.15) is 225 Å². The fourth-order valence-corrected chi connectivity index (χ4v) is 28.1. The van der Waals surface area contributed by atoms with Crippen LogP contribution in [0.5, 0.6) is 0 Å². The highest BCUT2D eigenvalue weighted by Crippen LogP contribution is 2.67. The standard InChI is InChI=1S/C58H93NS3/c1-2-10-36(11-3-1)37-20-25-41(26-21-37)59(42-27-22-39(23-28-42)45-16-8-13-38-12-4-5-14-44(38)45)43-29-32-54-51(35-43)50-34-40(24-31-53(50)60-54)46-17-9-18-47-48-30-33-55-56(58(48)62-57(46)47)49-15-6-7-19-52(49)61-55/h36-58H,1-35H2. The molecular formula is C58H93NS3. The number of hydrogen-bond donors (Lipinski definition) is 0. The third kappa shape index (κ3) is 7.97. The van der Waals surface area contributed by atoms with Crippen LogP contribution in [0.15, 0.2) is 0 Å². The minimum Gasteiger partial charge on any atom is -0.294 e. The van der Waals surface area contributed by atoms with Gasteiger partial charge in [0.15, 0.2) is 0 Å². The molecule has 0 spiro atoms. The summed E-state index contributed by atoms with van der Waals surface area (Å²) < 4.78 is 0. The molecule has 3 aliphatic heterocycles. The van der Waals surface area contributed by atoms with Gasteiger partial charge in [0.05, 0.1) is 0 Å². The second kappa shape index (κ2) is 18.7. The molecule has 13 rings (SSSR count). The lowest BCUT2D eigenvalue weighted by Gasteiger charge is -2.52. The van der Waals surface area contributed by atoms with Crippen molar-refractivity contribution in [2.75, 3.05) is 0 Å². The largest absolute Gasteiger partial charge is 0.294 e. The summed E-state index contributed by atoms with van der Waals surface area (Å²) in [6.07, 6.45) is 55.2. The molecule has 0 aromatic heterocycles. The number of fused-ring (bicyclic) bond motifs is 11. The maximum atomic E-state index is 3.44. The molecule has 0 bridgehead atoms. The molecule has 10 aliphatic carbocycles. The van der Waals surface area contributed by atoms with Crippen molar-refractivity contribution >= 4 is 35.3 Å². The van der Waals surface area contributed by atoms with E-state index in [1.54, 1.807) is 199 Å². The van der Waals surface area contributed by atoms with E-state index in [9.17, 15) is 0 Å². The third-order valence-corrected chi connectivity index (χ3v) is 29.6. The summed E-state index contributed by atoms with van der Waals surface area (Å²) >= 11 is 7.80. The van der Waals surface area contributed by atoms with Crippen LogP contribution < -0.4 is 0 Å². The molecule has 0 amide bonds. The van der Waals surface area contributed by atoms with E-state index >= 15 is 0 Å². The zero-order valence-corrected chi connectivity index (χ0v) is 42.1. The van der Waals surface area contributed by atoms with Gasteiger partial charge in [-0.3, -0.25) is 4.90 Å². The average molecular weight is 901 g/mol. The Kier molecular flexibility index (Phi) is 13.0. The van der Waals surface area contributed by atoms with E-state index < -0.39 is 0 Å². The Morgan fingerprint density at radius 3 is 1.55 bits per heavy atom. The average Bonchev–Trinajstić information content (AvgIpc) is 4.03. The van der Waals surface area contributed by atoms with Gasteiger partial charge in [-0.15, -0.1) is 0 Å². The van der Waals surface area contributed by atoms with E-state index in [1.165, 1.54) is 25.7 Å². The predicted octanol–water partition coefficient (Wildman–Crippen LogP) is 16.3. The summed E-state index contributed by atoms with van der Waals surface area (Å²) in [5.41, 5.74) is 0. The Hall–Kier alpha value is 1.01. The summed E-state index contributed by atoms with van der Waals surface area (Å²) in [6, 6.07) is 2.75. The zero-order valence-electron chi connectivity index (χ0n) is 39.7. The SMILES string of the molecule is C1CCC(C2CCC(N(C3CCC(C4CCCC5CCCCC54)CC3)C3CCC4SC5CCC(C6CCCC7C8CCC9SC%10CCCCC%10C9C8SC67)CC5C4C3)CC2)CC1. The van der Waals surface area contributed by atoms with Crippen LogP contribution >= 0.6 is 35.3 Å². The molecule has 3 saturated heterocycles. The molecule has 1 nitrogen and oxygen atoms in total. The lowest BCUT2D eigenvalue weighted by Crippen LogP contribution is -2.54. The van der Waals surface area contributed by atoms with Crippen molar-refractivity contribution in [3.8, 4) is 0 Å². The summed E-state index contributed by atoms with van der Waals surface area (Å²) in [6.45, 7) is 0. The Labute approximate surface area is 395 Å². The summed E-state index contributed by atoms with van der Waals surface area (Å²) in [5, 5.41) is 6.22. The van der Waals surface area contributed by atoms with Gasteiger partial charge in [-0.1, -0.05) is 83.5 Å². The summed E-state index contributed by atoms with van der Waals surface area (Å²) in [5.74, 6) is 15.2. The second-order valence-corrected chi connectivity index (χ2v) is 30.5. The van der Waals surface area contributed by atoms with Gasteiger partial charge in [-0.2, -0.15) is 35.3 Å². The fourth-order valence-electron chi connectivity index (χ4n) is 21.3. The molecule has 4 heteroatoms. The second-order valence-electron chi connectivity index (χ2n) is 26.2. The van der Waals surface area contributed by atoms with Gasteiger partial charge < -0.3 is 0 Å². The normalized spacial score (nSPS) is 54.3. The molecule has 0 aromatic carbocycles. The summed E-state index contributed by atoms with van der Waals surface area (Å²) in [7, 11) is 0. The molecule has 0 aromatic rings. The summed E-state index contributed by atoms with van der Waals surface area (Å²) in [4.78, 5) is 3.44. The van der Waals surface area contributed by atoms with Gasteiger partial charge >= 0.3 is 0 Å². The van der Waals surface area contributed by atoms with Crippen LogP contribution in [0.2, 0.25) is 0 Å². The molecule has 13 aliphatic rings. The highest BCUT2D eigenvalue weighted by atomic mass is 32.2. The predicted molar refractivity (Wildman–Crippen MR) is 269 cm³/mol. The first kappa shape index (κ1) is 43.1. The Morgan fingerprint density at radius 1 is 0.242 bits per heavy atom. The molecule has 0 N–H and O–H groups in total. The van der Waals surface area contributed by atoms with Crippen molar-refractivity contribution < 1.29 is 0 Å². The van der Waals surface area contributed by atoms with Crippen molar-refractivity contribution in [1.82, 2.24) is 4.90 Å². The first-order valence-corrected chi connectivity index (χ1v) is 32.3. The maximum Gasteiger partial charge on any atom is 0.0123 e. The van der Waals surface area contributed by atoms with Crippen molar-refractivity contribution in [2.45, 2.75) is 274 Å². The lowest BCUT2D eigenvalue weighted by atomic mass is 9.59. The molecule has 0 radical (unpaired) electrons. The first-order chi connectivity index (χ1) is 30.7. The Balaban J connectivity index is 0.702. The molecule has 3 heterocycles. The van der Waals surface area contributed by atoms with Gasteiger partial charge in [-0.25, -0.2) is 0 Å². The van der Waals surface area contributed by atoms with Crippen LogP contribution in [0.3, 0.4) is 0 Å². The van der Waals surface area contributed by atoms with Crippen molar-refractivity contribution in [1.29, 1.82) is 0 Å². The minimum atomic E-state index is 0.916. The Morgan fingerprint density at radius 2 is 0.726 bits per heavy atom. The van der Waals surface area contributed by atoms with Gasteiger partial charge in [0.25, 0.3) is 0 Å². The first-order valence-electron chi connectivity index (χ1n) is 29.5. The highest BCUT2D eigenvalue weighted by Gasteiger charge is 2.60. The van der Waals surface area contributed by atoms with Crippen LogP contribution in [-0.2, 0) is 0 Å². The van der Waals surface area contributed by atoms with Crippen molar-refractivity contribution in [3.63, 3.8) is 0 Å². The lowest BCUT2D eigenvalue weighted by molar-refractivity contribution is -0.0223. The van der Waals surface area contributed by atoms with E-state index in [-0.39, 0.29) is 0 Å². The monoisotopic (exact) mass is 900 g/mol. The molecule has 348 valence electrons. The van der Waals surface area contributed by atoms with E-state index in [0.29, 0.717) is 0 Å². The molecule has 18 unspecified atom stereocenters. The van der Waals surface area contributed by atoms with Crippen LogP contribution in [0.4, 0.5) is 0 Å². The van der Waals surface area contributed by atoms with Crippen LogP contribution in [-0.4, -0.2) is 54.5 Å². The molecule has 18 atom stereocenters. The molecular weight excluding hydrogens is 807 g/mol. The topological polar surface area (TPSA) is 3.24 Å². The van der Waals surface area contributed by atoms with Crippen molar-refractivity contribution in [3.05, 3.63) is 0 Å². The molecule has 10 saturated carbocycles. The number of thioether (sulfide) groups is 3.